The van der Waals surface area contributed by atoms with Crippen molar-refractivity contribution in [3.8, 4) is 0 Å². The molecule has 2 aromatic rings. The Morgan fingerprint density at radius 2 is 2.00 bits per heavy atom. The Labute approximate surface area is 125 Å². The van der Waals surface area contributed by atoms with E-state index in [0.717, 1.165) is 30.8 Å². The summed E-state index contributed by atoms with van der Waals surface area (Å²) < 4.78 is 6.90. The highest BCUT2D eigenvalue weighted by molar-refractivity contribution is 5.72. The Morgan fingerprint density at radius 3 is 2.71 bits per heavy atom. The number of carbonyl (C=O) groups excluding carboxylic acids is 1. The van der Waals surface area contributed by atoms with Gasteiger partial charge in [-0.15, -0.1) is 0 Å². The van der Waals surface area contributed by atoms with Gasteiger partial charge >= 0.3 is 5.97 Å². The highest BCUT2D eigenvalue weighted by Crippen LogP contribution is 2.13. The molecule has 0 saturated carbocycles. The van der Waals surface area contributed by atoms with Crippen molar-refractivity contribution in [1.82, 2.24) is 9.88 Å². The van der Waals surface area contributed by atoms with Crippen LogP contribution < -0.4 is 5.32 Å². The van der Waals surface area contributed by atoms with Crippen molar-refractivity contribution in [1.29, 1.82) is 0 Å². The molecule has 1 N–H and O–H groups in total. The molecule has 112 valence electrons. The van der Waals surface area contributed by atoms with Crippen LogP contribution in [-0.4, -0.2) is 24.2 Å². The zero-order chi connectivity index (χ0) is 15.1. The van der Waals surface area contributed by atoms with Crippen LogP contribution >= 0.6 is 0 Å². The molecule has 0 bridgehead atoms. The van der Waals surface area contributed by atoms with Gasteiger partial charge in [-0.25, -0.2) is 0 Å². The molecule has 0 fully saturated rings. The first kappa shape index (κ1) is 15.3. The average molecular weight is 286 g/mol. The van der Waals surface area contributed by atoms with Crippen LogP contribution in [0.3, 0.4) is 0 Å². The Hall–Kier alpha value is -2.07. The molecule has 0 atom stereocenters. The lowest BCUT2D eigenvalue weighted by Crippen LogP contribution is -2.11. The standard InChI is InChI=1S/C17H22N2O2/c1-3-18-11-14-8-9-19(12-14)13-16-7-5-4-6-15(16)10-17(20)21-2/h4-9,12,18H,3,10-11,13H2,1-2H3. The van der Waals surface area contributed by atoms with Crippen LogP contribution in [0.1, 0.15) is 23.6 Å². The third-order valence-electron chi connectivity index (χ3n) is 3.42. The van der Waals surface area contributed by atoms with Gasteiger partial charge in [0.1, 0.15) is 0 Å². The lowest BCUT2D eigenvalue weighted by molar-refractivity contribution is -0.139. The number of carbonyl (C=O) groups is 1. The van der Waals surface area contributed by atoms with E-state index in [-0.39, 0.29) is 5.97 Å². The number of ether oxygens (including phenoxy) is 1. The highest BCUT2D eigenvalue weighted by atomic mass is 16.5. The fraction of sp³-hybridized carbons (Fsp3) is 0.353. The summed E-state index contributed by atoms with van der Waals surface area (Å²) in [5.41, 5.74) is 3.43. The molecule has 0 aliphatic carbocycles. The van der Waals surface area contributed by atoms with E-state index in [1.807, 2.05) is 18.2 Å². The number of aromatic nitrogens is 1. The molecule has 21 heavy (non-hydrogen) atoms. The molecule has 2 rings (SSSR count). The second kappa shape index (κ2) is 7.64. The van der Waals surface area contributed by atoms with Crippen LogP contribution in [0.15, 0.2) is 42.7 Å². The van der Waals surface area contributed by atoms with Crippen molar-refractivity contribution in [2.24, 2.45) is 0 Å². The van der Waals surface area contributed by atoms with E-state index in [9.17, 15) is 4.79 Å². The molecule has 0 unspecified atom stereocenters. The smallest absolute Gasteiger partial charge is 0.309 e. The molecule has 0 aliphatic rings. The minimum atomic E-state index is -0.206. The predicted molar refractivity (Wildman–Crippen MR) is 83.1 cm³/mol. The molecule has 1 aromatic carbocycles. The number of nitrogens with zero attached hydrogens (tertiary/aromatic N) is 1. The summed E-state index contributed by atoms with van der Waals surface area (Å²) in [6.45, 7) is 4.71. The normalized spacial score (nSPS) is 10.6. The van der Waals surface area contributed by atoms with E-state index in [4.69, 9.17) is 4.74 Å². The quantitative estimate of drug-likeness (QED) is 0.795. The zero-order valence-electron chi connectivity index (χ0n) is 12.6. The van der Waals surface area contributed by atoms with Crippen LogP contribution in [-0.2, 0) is 29.0 Å². The summed E-state index contributed by atoms with van der Waals surface area (Å²) in [5.74, 6) is -0.206. The summed E-state index contributed by atoms with van der Waals surface area (Å²) >= 11 is 0. The van der Waals surface area contributed by atoms with E-state index in [2.05, 4.69) is 41.3 Å². The Balaban J connectivity index is 2.08. The fourth-order valence-electron chi connectivity index (χ4n) is 2.27. The fourth-order valence-corrected chi connectivity index (χ4v) is 2.27. The van der Waals surface area contributed by atoms with E-state index in [1.165, 1.54) is 12.7 Å². The summed E-state index contributed by atoms with van der Waals surface area (Å²) in [5, 5.41) is 3.31. The summed E-state index contributed by atoms with van der Waals surface area (Å²) in [7, 11) is 1.42. The van der Waals surface area contributed by atoms with Crippen molar-refractivity contribution < 1.29 is 9.53 Å². The van der Waals surface area contributed by atoms with Crippen LogP contribution in [0, 0.1) is 0 Å². The number of hydrogen-bond acceptors (Lipinski definition) is 3. The van der Waals surface area contributed by atoms with E-state index >= 15 is 0 Å². The second-order valence-electron chi connectivity index (χ2n) is 4.99. The number of hydrogen-bond donors (Lipinski definition) is 1. The first-order valence-electron chi connectivity index (χ1n) is 7.22. The molecule has 0 amide bonds. The molecular weight excluding hydrogens is 264 g/mol. The van der Waals surface area contributed by atoms with Gasteiger partial charge < -0.3 is 14.6 Å². The van der Waals surface area contributed by atoms with Crippen LogP contribution in [0.25, 0.3) is 0 Å². The van der Waals surface area contributed by atoms with Gasteiger partial charge in [0.2, 0.25) is 0 Å². The number of benzene rings is 1. The number of rotatable bonds is 7. The zero-order valence-corrected chi connectivity index (χ0v) is 12.6. The van der Waals surface area contributed by atoms with Gasteiger partial charge in [0.25, 0.3) is 0 Å². The SMILES string of the molecule is CCNCc1ccn(Cc2ccccc2CC(=O)OC)c1. The maximum Gasteiger partial charge on any atom is 0.309 e. The molecule has 4 heteroatoms. The summed E-state index contributed by atoms with van der Waals surface area (Å²) in [4.78, 5) is 11.5. The number of esters is 1. The molecule has 0 spiro atoms. The largest absolute Gasteiger partial charge is 0.469 e. The highest BCUT2D eigenvalue weighted by Gasteiger charge is 2.08. The van der Waals surface area contributed by atoms with Crippen molar-refractivity contribution >= 4 is 5.97 Å². The molecule has 0 aliphatic heterocycles. The Bertz CT molecular complexity index is 590. The maximum absolute atomic E-state index is 11.5. The topological polar surface area (TPSA) is 43.3 Å². The lowest BCUT2D eigenvalue weighted by Gasteiger charge is -2.09. The van der Waals surface area contributed by atoms with Gasteiger partial charge in [-0.05, 0) is 29.3 Å². The number of nitrogens with one attached hydrogen (secondary N) is 1. The Kier molecular flexibility index (Phi) is 5.58. The molecule has 1 aromatic heterocycles. The number of methoxy groups -OCH3 is 1. The van der Waals surface area contributed by atoms with E-state index in [1.54, 1.807) is 0 Å². The van der Waals surface area contributed by atoms with Gasteiger partial charge in [0.15, 0.2) is 0 Å². The summed E-state index contributed by atoms with van der Waals surface area (Å²) in [6, 6.07) is 10.1. The second-order valence-corrected chi connectivity index (χ2v) is 4.99. The van der Waals surface area contributed by atoms with Crippen LogP contribution in [0.2, 0.25) is 0 Å². The monoisotopic (exact) mass is 286 g/mol. The molecule has 4 nitrogen and oxygen atoms in total. The lowest BCUT2D eigenvalue weighted by atomic mass is 10.0. The maximum atomic E-state index is 11.5. The van der Waals surface area contributed by atoms with Crippen molar-refractivity contribution in [2.75, 3.05) is 13.7 Å². The minimum absolute atomic E-state index is 0.206. The Morgan fingerprint density at radius 1 is 1.24 bits per heavy atom. The van der Waals surface area contributed by atoms with Gasteiger partial charge in [-0.2, -0.15) is 0 Å². The molecular formula is C17H22N2O2. The van der Waals surface area contributed by atoms with Gasteiger partial charge in [-0.3, -0.25) is 4.79 Å². The molecule has 0 radical (unpaired) electrons. The molecule has 1 heterocycles. The average Bonchev–Trinajstić information content (AvgIpc) is 2.94. The third-order valence-corrected chi connectivity index (χ3v) is 3.42. The van der Waals surface area contributed by atoms with Crippen molar-refractivity contribution in [2.45, 2.75) is 26.4 Å². The van der Waals surface area contributed by atoms with Crippen molar-refractivity contribution in [3.05, 3.63) is 59.4 Å². The van der Waals surface area contributed by atoms with Crippen molar-refractivity contribution in [3.63, 3.8) is 0 Å². The predicted octanol–water partition coefficient (Wildman–Crippen LogP) is 2.36. The first-order chi connectivity index (χ1) is 10.2. The molecule has 0 saturated heterocycles. The van der Waals surface area contributed by atoms with Gasteiger partial charge in [0.05, 0.1) is 13.5 Å². The van der Waals surface area contributed by atoms with Crippen LogP contribution in [0.4, 0.5) is 0 Å². The summed E-state index contributed by atoms with van der Waals surface area (Å²) in [6.07, 6.45) is 4.53. The first-order valence-corrected chi connectivity index (χ1v) is 7.22. The third kappa shape index (κ3) is 4.46. The van der Waals surface area contributed by atoms with Gasteiger partial charge in [0, 0.05) is 25.5 Å². The van der Waals surface area contributed by atoms with E-state index < -0.39 is 0 Å². The van der Waals surface area contributed by atoms with E-state index in [0.29, 0.717) is 6.42 Å². The van der Waals surface area contributed by atoms with Crippen LogP contribution in [0.5, 0.6) is 0 Å². The minimum Gasteiger partial charge on any atom is -0.469 e. The van der Waals surface area contributed by atoms with Gasteiger partial charge in [-0.1, -0.05) is 31.2 Å².